The van der Waals surface area contributed by atoms with E-state index in [2.05, 4.69) is 23.0 Å². The molecule has 0 radical (unpaired) electrons. The fourth-order valence-electron chi connectivity index (χ4n) is 4.64. The number of aromatic nitrogens is 1. The molecule has 0 aromatic carbocycles. The number of nitrogens with zero attached hydrogens (tertiary/aromatic N) is 2. The van der Waals surface area contributed by atoms with E-state index < -0.39 is 0 Å². The van der Waals surface area contributed by atoms with Crippen molar-refractivity contribution in [1.82, 2.24) is 9.88 Å². The first-order valence-electron chi connectivity index (χ1n) is 6.56. The lowest BCUT2D eigenvalue weighted by Crippen LogP contribution is -2.53. The Bertz CT molecular complexity index is 454. The van der Waals surface area contributed by atoms with Gasteiger partial charge < -0.3 is 0 Å². The molecule has 90 valence electrons. The fraction of sp³-hybridized carbons (Fsp3) is 0.643. The Morgan fingerprint density at radius 2 is 2.18 bits per heavy atom. The predicted octanol–water partition coefficient (Wildman–Crippen LogP) is 3.28. The van der Waals surface area contributed by atoms with Gasteiger partial charge in [0.1, 0.15) is 5.15 Å². The van der Waals surface area contributed by atoms with E-state index in [0.717, 1.165) is 12.0 Å². The lowest BCUT2D eigenvalue weighted by molar-refractivity contribution is -0.0444. The van der Waals surface area contributed by atoms with Gasteiger partial charge in [-0.15, -0.1) is 0 Å². The van der Waals surface area contributed by atoms with E-state index in [-0.39, 0.29) is 0 Å². The summed E-state index contributed by atoms with van der Waals surface area (Å²) in [6.07, 6.45) is 7.66. The second kappa shape index (κ2) is 3.24. The van der Waals surface area contributed by atoms with Crippen LogP contribution in [-0.2, 0) is 0 Å². The van der Waals surface area contributed by atoms with E-state index >= 15 is 0 Å². The topological polar surface area (TPSA) is 16.1 Å². The smallest absolute Gasteiger partial charge is 0.129 e. The van der Waals surface area contributed by atoms with Crippen LogP contribution in [0.25, 0.3) is 0 Å². The van der Waals surface area contributed by atoms with Crippen molar-refractivity contribution in [2.75, 3.05) is 7.05 Å². The first kappa shape index (κ1) is 10.3. The minimum Gasteiger partial charge on any atom is -0.295 e. The Balaban J connectivity index is 1.72. The van der Waals surface area contributed by atoms with Crippen molar-refractivity contribution in [3.05, 3.63) is 29.0 Å². The third kappa shape index (κ3) is 1.13. The molecular weight excluding hydrogens is 232 g/mol. The van der Waals surface area contributed by atoms with E-state index in [9.17, 15) is 0 Å². The van der Waals surface area contributed by atoms with Gasteiger partial charge in [0.15, 0.2) is 0 Å². The summed E-state index contributed by atoms with van der Waals surface area (Å²) in [5, 5.41) is 0.598. The number of rotatable bonds is 1. The first-order chi connectivity index (χ1) is 8.22. The zero-order valence-corrected chi connectivity index (χ0v) is 10.8. The van der Waals surface area contributed by atoms with Crippen LogP contribution in [-0.4, -0.2) is 23.0 Å². The van der Waals surface area contributed by atoms with E-state index in [1.807, 2.05) is 12.3 Å². The highest BCUT2D eigenvalue weighted by atomic mass is 35.5. The van der Waals surface area contributed by atoms with Gasteiger partial charge in [-0.25, -0.2) is 4.98 Å². The van der Waals surface area contributed by atoms with Crippen molar-refractivity contribution in [1.29, 1.82) is 0 Å². The average molecular weight is 249 g/mol. The summed E-state index contributed by atoms with van der Waals surface area (Å²) in [6.45, 7) is 0. The van der Waals surface area contributed by atoms with E-state index in [4.69, 9.17) is 11.6 Å². The monoisotopic (exact) mass is 248 g/mol. The molecule has 4 atom stereocenters. The molecule has 4 rings (SSSR count). The van der Waals surface area contributed by atoms with Crippen LogP contribution < -0.4 is 0 Å². The van der Waals surface area contributed by atoms with E-state index in [1.165, 1.54) is 31.2 Å². The third-order valence-electron chi connectivity index (χ3n) is 5.61. The zero-order chi connectivity index (χ0) is 11.6. The number of pyridine rings is 1. The van der Waals surface area contributed by atoms with Crippen LogP contribution in [0.4, 0.5) is 0 Å². The third-order valence-corrected chi connectivity index (χ3v) is 5.83. The van der Waals surface area contributed by atoms with E-state index in [0.29, 0.717) is 16.6 Å². The number of halogens is 1. The van der Waals surface area contributed by atoms with Gasteiger partial charge in [-0.05, 0) is 55.7 Å². The normalized spacial score (nSPS) is 43.5. The number of hydrogen-bond donors (Lipinski definition) is 0. The Morgan fingerprint density at radius 3 is 2.65 bits per heavy atom. The van der Waals surface area contributed by atoms with Gasteiger partial charge in [0.25, 0.3) is 0 Å². The van der Waals surface area contributed by atoms with Crippen LogP contribution in [0.2, 0.25) is 5.15 Å². The van der Waals surface area contributed by atoms with Crippen LogP contribution in [0, 0.1) is 11.3 Å². The molecule has 0 N–H and O–H groups in total. The summed E-state index contributed by atoms with van der Waals surface area (Å²) < 4.78 is 0. The standard InChI is InChI=1S/C14H17ClN2/c1-17-11-5-7-14(11)6-4-10(14)13(17)9-2-3-12(15)16-8-9/h2-3,8,10-11,13H,4-7H2,1H3. The Hall–Kier alpha value is -0.600. The van der Waals surface area contributed by atoms with Crippen molar-refractivity contribution in [2.45, 2.75) is 37.8 Å². The second-order valence-corrected chi connectivity index (χ2v) is 6.34. The van der Waals surface area contributed by atoms with Gasteiger partial charge in [0.2, 0.25) is 0 Å². The Labute approximate surface area is 107 Å². The largest absolute Gasteiger partial charge is 0.295 e. The number of hydrogen-bond acceptors (Lipinski definition) is 2. The number of likely N-dealkylation sites (tertiary alicyclic amines) is 1. The van der Waals surface area contributed by atoms with Gasteiger partial charge in [-0.1, -0.05) is 17.7 Å². The average Bonchev–Trinajstić information content (AvgIpc) is 2.33. The molecule has 2 aliphatic carbocycles. The molecular formula is C14H17ClN2. The van der Waals surface area contributed by atoms with Gasteiger partial charge in [-0.3, -0.25) is 4.90 Å². The van der Waals surface area contributed by atoms with Crippen LogP contribution >= 0.6 is 11.6 Å². The minimum atomic E-state index is 0.584. The van der Waals surface area contributed by atoms with Crippen molar-refractivity contribution in [3.8, 4) is 0 Å². The lowest BCUT2D eigenvalue weighted by atomic mass is 9.48. The maximum atomic E-state index is 5.88. The highest BCUT2D eigenvalue weighted by Crippen LogP contribution is 2.70. The highest BCUT2D eigenvalue weighted by molar-refractivity contribution is 6.29. The SMILES string of the molecule is CN1C(c2ccc(Cl)nc2)C2CCC23CCC13. The predicted molar refractivity (Wildman–Crippen MR) is 67.9 cm³/mol. The molecule has 1 spiro atoms. The Kier molecular flexibility index (Phi) is 1.97. The molecule has 3 heteroatoms. The van der Waals surface area contributed by atoms with Crippen molar-refractivity contribution < 1.29 is 0 Å². The Morgan fingerprint density at radius 1 is 1.35 bits per heavy atom. The molecule has 1 aromatic heterocycles. The maximum Gasteiger partial charge on any atom is 0.129 e. The molecule has 1 aromatic rings. The summed E-state index contributed by atoms with van der Waals surface area (Å²) in [4.78, 5) is 6.85. The summed E-state index contributed by atoms with van der Waals surface area (Å²) in [5.74, 6) is 0.870. The van der Waals surface area contributed by atoms with Gasteiger partial charge in [0.05, 0.1) is 0 Å². The van der Waals surface area contributed by atoms with Gasteiger partial charge in [-0.2, -0.15) is 0 Å². The zero-order valence-electron chi connectivity index (χ0n) is 10.1. The summed E-state index contributed by atoms with van der Waals surface area (Å²) >= 11 is 5.88. The molecule has 3 aliphatic rings. The highest BCUT2D eigenvalue weighted by Gasteiger charge is 2.66. The van der Waals surface area contributed by atoms with Crippen molar-refractivity contribution in [3.63, 3.8) is 0 Å². The summed E-state index contributed by atoms with van der Waals surface area (Å²) in [7, 11) is 2.29. The van der Waals surface area contributed by atoms with Crippen LogP contribution in [0.3, 0.4) is 0 Å². The lowest BCUT2D eigenvalue weighted by Gasteiger charge is -2.56. The molecule has 0 amide bonds. The molecule has 1 saturated heterocycles. The molecule has 4 unspecified atom stereocenters. The van der Waals surface area contributed by atoms with Crippen LogP contribution in [0.5, 0.6) is 0 Å². The van der Waals surface area contributed by atoms with Crippen LogP contribution in [0.15, 0.2) is 18.3 Å². The summed E-state index contributed by atoms with van der Waals surface area (Å²) in [6, 6.07) is 5.51. The van der Waals surface area contributed by atoms with Gasteiger partial charge >= 0.3 is 0 Å². The molecule has 2 heterocycles. The quantitative estimate of drug-likeness (QED) is 0.709. The van der Waals surface area contributed by atoms with Crippen molar-refractivity contribution in [2.24, 2.45) is 11.3 Å². The molecule has 2 nitrogen and oxygen atoms in total. The minimum absolute atomic E-state index is 0.584. The molecule has 1 aliphatic heterocycles. The van der Waals surface area contributed by atoms with E-state index in [1.54, 1.807) is 0 Å². The maximum absolute atomic E-state index is 5.88. The molecule has 2 saturated carbocycles. The molecule has 3 fully saturated rings. The second-order valence-electron chi connectivity index (χ2n) is 5.96. The first-order valence-corrected chi connectivity index (χ1v) is 6.93. The molecule has 17 heavy (non-hydrogen) atoms. The summed E-state index contributed by atoms with van der Waals surface area (Å²) in [5.41, 5.74) is 2.04. The fourth-order valence-corrected chi connectivity index (χ4v) is 4.75. The van der Waals surface area contributed by atoms with Gasteiger partial charge in [0, 0.05) is 18.3 Å². The van der Waals surface area contributed by atoms with Crippen molar-refractivity contribution >= 4 is 11.6 Å². The molecule has 0 bridgehead atoms. The van der Waals surface area contributed by atoms with Crippen LogP contribution in [0.1, 0.15) is 37.3 Å².